The number of hydrogen-bond acceptors (Lipinski definition) is 10. The van der Waals surface area contributed by atoms with Crippen molar-refractivity contribution < 1.29 is 48.0 Å². The fourth-order valence-corrected chi connectivity index (χ4v) is 8.42. The van der Waals surface area contributed by atoms with Gasteiger partial charge < -0.3 is 28.8 Å². The third-order valence-corrected chi connectivity index (χ3v) is 10.4. The van der Waals surface area contributed by atoms with Crippen LogP contribution in [0.2, 0.25) is 0 Å². The van der Waals surface area contributed by atoms with E-state index in [2.05, 4.69) is 0 Å². The third-order valence-electron chi connectivity index (χ3n) is 10.4. The Bertz CT molecular complexity index is 1680. The summed E-state index contributed by atoms with van der Waals surface area (Å²) in [6, 6.07) is 25.1. The van der Waals surface area contributed by atoms with Gasteiger partial charge in [-0.2, -0.15) is 0 Å². The van der Waals surface area contributed by atoms with E-state index >= 15 is 0 Å². The van der Waals surface area contributed by atoms with Crippen molar-refractivity contribution in [1.29, 1.82) is 0 Å². The molecule has 6 rings (SSSR count). The average molecular weight is 657 g/mol. The highest BCUT2D eigenvalue weighted by molar-refractivity contribution is 5.91. The summed E-state index contributed by atoms with van der Waals surface area (Å²) in [4.78, 5) is 53.9. The number of hydrogen-bond donors (Lipinski definition) is 1. The van der Waals surface area contributed by atoms with Crippen molar-refractivity contribution in [3.63, 3.8) is 0 Å². The smallest absolute Gasteiger partial charge is 0.338 e. The van der Waals surface area contributed by atoms with Gasteiger partial charge in [-0.3, -0.25) is 4.79 Å². The van der Waals surface area contributed by atoms with Gasteiger partial charge in [-0.1, -0.05) is 61.5 Å². The highest BCUT2D eigenvalue weighted by Crippen LogP contribution is 2.67. The summed E-state index contributed by atoms with van der Waals surface area (Å²) in [7, 11) is 0. The molecule has 5 unspecified atom stereocenters. The Morgan fingerprint density at radius 1 is 0.688 bits per heavy atom. The lowest BCUT2D eigenvalue weighted by Gasteiger charge is -2.63. The van der Waals surface area contributed by atoms with E-state index in [1.54, 1.807) is 112 Å². The molecule has 2 aliphatic carbocycles. The Morgan fingerprint density at radius 2 is 1.15 bits per heavy atom. The molecule has 0 amide bonds. The highest BCUT2D eigenvalue weighted by atomic mass is 16.6. The van der Waals surface area contributed by atoms with E-state index in [-0.39, 0.29) is 17.5 Å². The first-order valence-electron chi connectivity index (χ1n) is 16.1. The lowest BCUT2D eigenvalue weighted by molar-refractivity contribution is -0.311. The minimum absolute atomic E-state index is 0.153. The first kappa shape index (κ1) is 33.4. The standard InChI is InChI=1S/C38H40O10/c1-22-21-27(45-33(41)24-15-9-6-10-16-24)31(44-23(2)39)37(5)32(47-35(43)26-19-13-8-14-20-26)29(46-34(42)25-17-11-7-12-18-25)28-30(40)38(22,37)48-36(28,3)4/h6-20,22,27-32,40H,21H2,1-5H3/t22-,27?,28+,29?,30?,31?,32?,37-,38+/m0/s1. The number of aliphatic hydroxyl groups excluding tert-OH is 1. The van der Waals surface area contributed by atoms with Crippen LogP contribution in [0, 0.1) is 17.3 Å². The molecule has 10 heteroatoms. The molecular formula is C38H40O10. The summed E-state index contributed by atoms with van der Waals surface area (Å²) in [5.41, 5.74) is -3.44. The van der Waals surface area contributed by atoms with Gasteiger partial charge in [0.1, 0.15) is 17.8 Å². The van der Waals surface area contributed by atoms with Crippen molar-refractivity contribution in [2.75, 3.05) is 0 Å². The lowest BCUT2D eigenvalue weighted by atomic mass is 9.47. The molecule has 10 nitrogen and oxygen atoms in total. The van der Waals surface area contributed by atoms with Crippen LogP contribution in [0.3, 0.4) is 0 Å². The molecule has 0 radical (unpaired) electrons. The fraction of sp³-hybridized carbons (Fsp3) is 0.421. The second-order valence-electron chi connectivity index (χ2n) is 13.7. The summed E-state index contributed by atoms with van der Waals surface area (Å²) in [5.74, 6) is -4.14. The Morgan fingerprint density at radius 3 is 1.62 bits per heavy atom. The van der Waals surface area contributed by atoms with Crippen LogP contribution in [0.25, 0.3) is 0 Å². The molecule has 2 saturated carbocycles. The van der Waals surface area contributed by atoms with E-state index in [1.807, 2.05) is 6.92 Å². The largest absolute Gasteiger partial charge is 0.458 e. The van der Waals surface area contributed by atoms with Gasteiger partial charge in [0.15, 0.2) is 12.2 Å². The predicted octanol–water partition coefficient (Wildman–Crippen LogP) is 5.18. The first-order chi connectivity index (χ1) is 22.8. The van der Waals surface area contributed by atoms with Crippen LogP contribution in [0.1, 0.15) is 72.1 Å². The molecule has 1 spiro atoms. The third kappa shape index (κ3) is 5.37. The van der Waals surface area contributed by atoms with E-state index in [0.717, 1.165) is 0 Å². The lowest BCUT2D eigenvalue weighted by Crippen LogP contribution is -2.78. The summed E-state index contributed by atoms with van der Waals surface area (Å²) in [6.07, 6.45) is -6.07. The second kappa shape index (κ2) is 12.5. The van der Waals surface area contributed by atoms with Gasteiger partial charge in [0.2, 0.25) is 0 Å². The molecular weight excluding hydrogens is 616 g/mol. The number of carbonyl (C=O) groups is 4. The zero-order valence-corrected chi connectivity index (χ0v) is 27.5. The van der Waals surface area contributed by atoms with Gasteiger partial charge in [-0.15, -0.1) is 0 Å². The summed E-state index contributed by atoms with van der Waals surface area (Å²) < 4.78 is 31.7. The SMILES string of the molecule is CC(=O)OC1C(OC(=O)c2ccccc2)C[C@H](C)[C@]23OC(C)(C)[C@H](C(OC(=O)c4ccccc4)C(OC(=O)c4ccccc4)[C@]12C)C3O. The van der Waals surface area contributed by atoms with Crippen LogP contribution < -0.4 is 0 Å². The van der Waals surface area contributed by atoms with Crippen molar-refractivity contribution in [2.24, 2.45) is 17.3 Å². The number of fused-ring (bicyclic) bond motifs is 1. The van der Waals surface area contributed by atoms with Gasteiger partial charge in [-0.25, -0.2) is 14.4 Å². The van der Waals surface area contributed by atoms with E-state index in [9.17, 15) is 24.3 Å². The Balaban J connectivity index is 1.52. The fourth-order valence-electron chi connectivity index (χ4n) is 8.42. The topological polar surface area (TPSA) is 135 Å². The van der Waals surface area contributed by atoms with Gasteiger partial charge >= 0.3 is 23.9 Å². The molecule has 0 aromatic heterocycles. The van der Waals surface area contributed by atoms with Crippen LogP contribution in [0.15, 0.2) is 91.0 Å². The number of ether oxygens (including phenoxy) is 5. The van der Waals surface area contributed by atoms with Crippen molar-refractivity contribution in [3.8, 4) is 0 Å². The van der Waals surface area contributed by atoms with Gasteiger partial charge in [0, 0.05) is 6.92 Å². The number of rotatable bonds is 7. The quantitative estimate of drug-likeness (QED) is 0.268. The summed E-state index contributed by atoms with van der Waals surface area (Å²) in [6.45, 7) is 8.35. The zero-order valence-electron chi connectivity index (χ0n) is 27.5. The number of esters is 4. The average Bonchev–Trinajstić information content (AvgIpc) is 3.26. The monoisotopic (exact) mass is 656 g/mol. The molecule has 1 saturated heterocycles. The zero-order chi connectivity index (χ0) is 34.4. The van der Waals surface area contributed by atoms with E-state index in [1.165, 1.54) is 6.92 Å². The minimum atomic E-state index is -1.62. The highest BCUT2D eigenvalue weighted by Gasteiger charge is 2.82. The minimum Gasteiger partial charge on any atom is -0.458 e. The molecule has 2 bridgehead atoms. The Hall–Kier alpha value is -4.54. The van der Waals surface area contributed by atoms with E-state index in [4.69, 9.17) is 23.7 Å². The molecule has 1 N–H and O–H groups in total. The van der Waals surface area contributed by atoms with Gasteiger partial charge in [0.25, 0.3) is 0 Å². The molecule has 9 atom stereocenters. The molecule has 3 aliphatic rings. The molecule has 48 heavy (non-hydrogen) atoms. The van der Waals surface area contributed by atoms with Crippen molar-refractivity contribution in [1.82, 2.24) is 0 Å². The van der Waals surface area contributed by atoms with Crippen molar-refractivity contribution in [3.05, 3.63) is 108 Å². The number of aliphatic hydroxyl groups is 1. The molecule has 1 aliphatic heterocycles. The molecule has 252 valence electrons. The van der Waals surface area contributed by atoms with E-state index < -0.39 is 82.8 Å². The normalized spacial score (nSPS) is 33.1. The number of benzene rings is 3. The Kier molecular flexibility index (Phi) is 8.68. The van der Waals surface area contributed by atoms with Crippen LogP contribution in [0.5, 0.6) is 0 Å². The van der Waals surface area contributed by atoms with Crippen LogP contribution in [0.4, 0.5) is 0 Å². The number of carbonyl (C=O) groups excluding carboxylic acids is 4. The molecule has 3 fully saturated rings. The molecule has 1 heterocycles. The van der Waals surface area contributed by atoms with Gasteiger partial charge in [-0.05, 0) is 69.5 Å². The van der Waals surface area contributed by atoms with Crippen molar-refractivity contribution >= 4 is 23.9 Å². The van der Waals surface area contributed by atoms with E-state index in [0.29, 0.717) is 5.56 Å². The van der Waals surface area contributed by atoms with Gasteiger partial charge in [0.05, 0.1) is 39.7 Å². The molecule has 3 aromatic carbocycles. The van der Waals surface area contributed by atoms with Crippen LogP contribution in [-0.4, -0.2) is 70.7 Å². The maximum Gasteiger partial charge on any atom is 0.338 e. The summed E-state index contributed by atoms with van der Waals surface area (Å²) >= 11 is 0. The predicted molar refractivity (Wildman–Crippen MR) is 172 cm³/mol. The van der Waals surface area contributed by atoms with Crippen LogP contribution >= 0.6 is 0 Å². The summed E-state index contributed by atoms with van der Waals surface area (Å²) in [5, 5.41) is 12.4. The molecule has 3 aromatic rings. The van der Waals surface area contributed by atoms with Crippen LogP contribution in [-0.2, 0) is 28.5 Å². The maximum atomic E-state index is 13.9. The maximum absolute atomic E-state index is 13.9. The second-order valence-corrected chi connectivity index (χ2v) is 13.7. The van der Waals surface area contributed by atoms with Crippen molar-refractivity contribution in [2.45, 2.75) is 82.8 Å². The first-order valence-corrected chi connectivity index (χ1v) is 16.1. The Labute approximate surface area is 279 Å².